The van der Waals surface area contributed by atoms with Gasteiger partial charge in [0.25, 0.3) is 9.70 Å². The third-order valence-electron chi connectivity index (χ3n) is 1.73. The number of methoxy groups -OCH3 is 1. The quantitative estimate of drug-likeness (QED) is 0.563. The van der Waals surface area contributed by atoms with Crippen molar-refractivity contribution in [3.05, 3.63) is 0 Å². The maximum Gasteiger partial charge on any atom is 0.328 e. The second kappa shape index (κ2) is 7.23. The van der Waals surface area contributed by atoms with Crippen LogP contribution in [0.5, 0.6) is 0 Å². The van der Waals surface area contributed by atoms with Gasteiger partial charge in [0.05, 0.1) is 6.10 Å². The molecular formula is C8H12Cl3NO5. The van der Waals surface area contributed by atoms with Crippen molar-refractivity contribution in [1.29, 1.82) is 0 Å². The van der Waals surface area contributed by atoms with Crippen LogP contribution in [0.15, 0.2) is 0 Å². The number of halogens is 3. The van der Waals surface area contributed by atoms with Gasteiger partial charge in [-0.3, -0.25) is 4.79 Å². The topological polar surface area (TPSA) is 84.9 Å². The zero-order valence-electron chi connectivity index (χ0n) is 9.08. The predicted molar refractivity (Wildman–Crippen MR) is 62.3 cm³/mol. The molecule has 1 amide bonds. The fraction of sp³-hybridized carbons (Fsp3) is 0.750. The van der Waals surface area contributed by atoms with Gasteiger partial charge in [0.2, 0.25) is 0 Å². The van der Waals surface area contributed by atoms with Crippen LogP contribution < -0.4 is 5.32 Å². The minimum absolute atomic E-state index is 0.116. The number of carbonyl (C=O) groups is 2. The van der Waals surface area contributed by atoms with Crippen molar-refractivity contribution in [1.82, 2.24) is 5.32 Å². The van der Waals surface area contributed by atoms with Gasteiger partial charge < -0.3 is 19.9 Å². The molecule has 0 bridgehead atoms. The molecule has 0 unspecified atom stereocenters. The monoisotopic (exact) mass is 307 g/mol. The molecule has 0 heterocycles. The van der Waals surface area contributed by atoms with Crippen LogP contribution in [0.2, 0.25) is 0 Å². The van der Waals surface area contributed by atoms with Crippen LogP contribution in [-0.4, -0.2) is 46.8 Å². The number of carbonyl (C=O) groups excluding carboxylic acids is 1. The molecule has 17 heavy (non-hydrogen) atoms. The second-order valence-corrected chi connectivity index (χ2v) is 5.35. The summed E-state index contributed by atoms with van der Waals surface area (Å²) in [6.45, 7) is 1.32. The molecule has 0 aliphatic rings. The Balaban J connectivity index is 4.54. The number of alkyl halides is 3. The van der Waals surface area contributed by atoms with Crippen LogP contribution in [0.3, 0.4) is 0 Å². The standard InChI is InChI=1S/C8H12Cl3NO5/c1-4(17-3-16-2)5(6(13)14)12-7(15)8(9,10)11/h4-5H,3H2,1-2H3,(H,12,15)(H,13,14)/t4-,5-/m0/s1. The molecule has 0 rings (SSSR count). The first-order valence-corrected chi connectivity index (χ1v) is 5.54. The lowest BCUT2D eigenvalue weighted by molar-refractivity contribution is -0.149. The highest BCUT2D eigenvalue weighted by Gasteiger charge is 2.36. The van der Waals surface area contributed by atoms with Gasteiger partial charge in [-0.15, -0.1) is 0 Å². The average Bonchev–Trinajstić information content (AvgIpc) is 2.20. The molecule has 0 aliphatic heterocycles. The van der Waals surface area contributed by atoms with E-state index < -0.39 is 27.8 Å². The first kappa shape index (κ1) is 16.7. The number of amides is 1. The lowest BCUT2D eigenvalue weighted by Crippen LogP contribution is -2.51. The summed E-state index contributed by atoms with van der Waals surface area (Å²) in [6, 6.07) is -1.34. The van der Waals surface area contributed by atoms with Crippen molar-refractivity contribution in [3.8, 4) is 0 Å². The Hall–Kier alpha value is -0.270. The number of ether oxygens (including phenoxy) is 2. The van der Waals surface area contributed by atoms with E-state index in [-0.39, 0.29) is 6.79 Å². The van der Waals surface area contributed by atoms with Gasteiger partial charge in [-0.05, 0) is 6.92 Å². The van der Waals surface area contributed by atoms with Crippen molar-refractivity contribution in [2.24, 2.45) is 0 Å². The summed E-state index contributed by atoms with van der Waals surface area (Å²) in [7, 11) is 1.38. The van der Waals surface area contributed by atoms with Crippen LogP contribution >= 0.6 is 34.8 Å². The first-order valence-electron chi connectivity index (χ1n) is 4.41. The van der Waals surface area contributed by atoms with Crippen molar-refractivity contribution in [2.75, 3.05) is 13.9 Å². The number of aliphatic carboxylic acids is 1. The van der Waals surface area contributed by atoms with E-state index in [0.29, 0.717) is 0 Å². The van der Waals surface area contributed by atoms with Crippen LogP contribution in [0.25, 0.3) is 0 Å². The molecule has 2 atom stereocenters. The number of hydrogen-bond acceptors (Lipinski definition) is 4. The summed E-state index contributed by atoms with van der Waals surface area (Å²) in [5, 5.41) is 10.9. The second-order valence-electron chi connectivity index (χ2n) is 3.07. The summed E-state index contributed by atoms with van der Waals surface area (Å²) in [5.41, 5.74) is 0. The van der Waals surface area contributed by atoms with Gasteiger partial charge in [0.1, 0.15) is 6.79 Å². The minimum Gasteiger partial charge on any atom is -0.480 e. The summed E-state index contributed by atoms with van der Waals surface area (Å²) < 4.78 is 7.36. The Morgan fingerprint density at radius 3 is 2.29 bits per heavy atom. The van der Waals surface area contributed by atoms with Crippen LogP contribution in [0.1, 0.15) is 6.92 Å². The highest BCUT2D eigenvalue weighted by molar-refractivity contribution is 6.76. The molecule has 9 heteroatoms. The van der Waals surface area contributed by atoms with Crippen molar-refractivity contribution < 1.29 is 24.2 Å². The Kier molecular flexibility index (Phi) is 7.11. The van der Waals surface area contributed by atoms with E-state index in [1.807, 2.05) is 0 Å². The van der Waals surface area contributed by atoms with Gasteiger partial charge in [-0.2, -0.15) is 0 Å². The fourth-order valence-corrected chi connectivity index (χ4v) is 1.04. The molecular weight excluding hydrogens is 296 g/mol. The molecule has 0 aliphatic carbocycles. The highest BCUT2D eigenvalue weighted by atomic mass is 35.6. The lowest BCUT2D eigenvalue weighted by Gasteiger charge is -2.23. The van der Waals surface area contributed by atoms with E-state index in [1.165, 1.54) is 14.0 Å². The highest BCUT2D eigenvalue weighted by Crippen LogP contribution is 2.26. The maximum atomic E-state index is 11.3. The third kappa shape index (κ3) is 6.28. The summed E-state index contributed by atoms with van der Waals surface area (Å²) in [5.74, 6) is -2.35. The molecule has 0 aromatic rings. The van der Waals surface area contributed by atoms with Crippen molar-refractivity contribution in [3.63, 3.8) is 0 Å². The SMILES string of the molecule is COCO[C@@H](C)[C@H](NC(=O)C(Cl)(Cl)Cl)C(=O)O. The number of carboxylic acids is 1. The molecule has 2 N–H and O–H groups in total. The van der Waals surface area contributed by atoms with E-state index in [0.717, 1.165) is 0 Å². The summed E-state index contributed by atoms with van der Waals surface area (Å²) in [6.07, 6.45) is -0.844. The Morgan fingerprint density at radius 2 is 1.94 bits per heavy atom. The fourth-order valence-electron chi connectivity index (χ4n) is 0.875. The largest absolute Gasteiger partial charge is 0.480 e. The Morgan fingerprint density at radius 1 is 1.41 bits per heavy atom. The summed E-state index contributed by atoms with van der Waals surface area (Å²) >= 11 is 15.9. The van der Waals surface area contributed by atoms with Crippen LogP contribution in [-0.2, 0) is 19.1 Å². The van der Waals surface area contributed by atoms with Crippen molar-refractivity contribution in [2.45, 2.75) is 22.9 Å². The minimum atomic E-state index is -2.23. The van der Waals surface area contributed by atoms with Crippen LogP contribution in [0, 0.1) is 0 Å². The smallest absolute Gasteiger partial charge is 0.328 e. The van der Waals surface area contributed by atoms with E-state index in [2.05, 4.69) is 10.1 Å². The molecule has 0 radical (unpaired) electrons. The molecule has 0 saturated heterocycles. The van der Waals surface area contributed by atoms with Crippen molar-refractivity contribution >= 4 is 46.7 Å². The predicted octanol–water partition coefficient (Wildman–Crippen LogP) is 0.935. The zero-order valence-corrected chi connectivity index (χ0v) is 11.3. The van der Waals surface area contributed by atoms with Gasteiger partial charge in [0, 0.05) is 7.11 Å². The van der Waals surface area contributed by atoms with E-state index >= 15 is 0 Å². The molecule has 0 aromatic carbocycles. The number of carboxylic acid groups (broad SMARTS) is 1. The van der Waals surface area contributed by atoms with E-state index in [9.17, 15) is 9.59 Å². The van der Waals surface area contributed by atoms with Gasteiger partial charge in [-0.1, -0.05) is 34.8 Å². The Bertz CT molecular complexity index is 281. The van der Waals surface area contributed by atoms with E-state index in [1.54, 1.807) is 0 Å². The number of hydrogen-bond donors (Lipinski definition) is 2. The van der Waals surface area contributed by atoms with E-state index in [4.69, 9.17) is 44.6 Å². The van der Waals surface area contributed by atoms with Gasteiger partial charge >= 0.3 is 5.97 Å². The molecule has 6 nitrogen and oxygen atoms in total. The molecule has 0 aromatic heterocycles. The molecule has 0 fully saturated rings. The number of rotatable bonds is 6. The maximum absolute atomic E-state index is 11.3. The van der Waals surface area contributed by atoms with Gasteiger partial charge in [-0.25, -0.2) is 4.79 Å². The molecule has 0 saturated carbocycles. The molecule has 100 valence electrons. The third-order valence-corrected chi connectivity index (χ3v) is 2.24. The average molecular weight is 309 g/mol. The normalized spacial score (nSPS) is 15.1. The molecule has 0 spiro atoms. The first-order chi connectivity index (χ1) is 7.70. The number of nitrogens with one attached hydrogen (secondary N) is 1. The van der Waals surface area contributed by atoms with Crippen LogP contribution in [0.4, 0.5) is 0 Å². The zero-order chi connectivity index (χ0) is 13.6. The summed E-state index contributed by atoms with van der Waals surface area (Å²) in [4.78, 5) is 22.2. The van der Waals surface area contributed by atoms with Gasteiger partial charge in [0.15, 0.2) is 6.04 Å². The lowest BCUT2D eigenvalue weighted by atomic mass is 10.2. The Labute approximate surface area is 113 Å².